The number of carbonyl (C=O) groups excluding carboxylic acids is 3. The summed E-state index contributed by atoms with van der Waals surface area (Å²) in [6.07, 6.45) is 5.50. The molecule has 0 spiro atoms. The Labute approximate surface area is 113 Å². The lowest BCUT2D eigenvalue weighted by Gasteiger charge is -2.18. The van der Waals surface area contributed by atoms with Crippen LogP contribution in [0, 0.1) is 0 Å². The zero-order chi connectivity index (χ0) is 14.3. The highest BCUT2D eigenvalue weighted by atomic mass is 16.2. The molecule has 0 aromatic carbocycles. The van der Waals surface area contributed by atoms with Crippen molar-refractivity contribution in [3.63, 3.8) is 0 Å². The molecule has 0 bridgehead atoms. The third-order valence-corrected chi connectivity index (χ3v) is 3.32. The van der Waals surface area contributed by atoms with E-state index in [1.54, 1.807) is 0 Å². The summed E-state index contributed by atoms with van der Waals surface area (Å²) < 4.78 is 0. The number of nitrogens with two attached hydrogens (primary N) is 1. The molecule has 0 unspecified atom stereocenters. The van der Waals surface area contributed by atoms with Crippen molar-refractivity contribution in [3.8, 4) is 0 Å². The lowest BCUT2D eigenvalue weighted by molar-refractivity contribution is -0.129. The van der Waals surface area contributed by atoms with Gasteiger partial charge in [0, 0.05) is 6.42 Å². The van der Waals surface area contributed by atoms with E-state index in [9.17, 15) is 14.4 Å². The van der Waals surface area contributed by atoms with Crippen molar-refractivity contribution in [1.82, 2.24) is 10.6 Å². The quantitative estimate of drug-likeness (QED) is 0.549. The fraction of sp³-hybridized carbons (Fsp3) is 0.769. The largest absolute Gasteiger partial charge is 0.368 e. The molecule has 1 saturated heterocycles. The molecule has 2 atom stereocenters. The number of hydrogen-bond acceptors (Lipinski definition) is 3. The SMILES string of the molecule is CCCCCC[C@@H](NC(=O)[C@H]1CCC(=O)N1)C(N)=O. The first-order valence-electron chi connectivity index (χ1n) is 6.93. The van der Waals surface area contributed by atoms with Crippen LogP contribution in [0.2, 0.25) is 0 Å². The minimum absolute atomic E-state index is 0.126. The Morgan fingerprint density at radius 3 is 2.68 bits per heavy atom. The van der Waals surface area contributed by atoms with Gasteiger partial charge >= 0.3 is 0 Å². The van der Waals surface area contributed by atoms with E-state index < -0.39 is 18.0 Å². The predicted octanol–water partition coefficient (Wildman–Crippen LogP) is 0.206. The maximum absolute atomic E-state index is 11.9. The van der Waals surface area contributed by atoms with E-state index in [2.05, 4.69) is 17.6 Å². The second-order valence-electron chi connectivity index (χ2n) is 4.97. The molecular formula is C13H23N3O3. The molecule has 19 heavy (non-hydrogen) atoms. The van der Waals surface area contributed by atoms with Crippen molar-refractivity contribution in [2.45, 2.75) is 64.0 Å². The van der Waals surface area contributed by atoms with Crippen molar-refractivity contribution in [3.05, 3.63) is 0 Å². The van der Waals surface area contributed by atoms with Crippen LogP contribution in [0.3, 0.4) is 0 Å². The van der Waals surface area contributed by atoms with E-state index in [4.69, 9.17) is 5.73 Å². The van der Waals surface area contributed by atoms with Gasteiger partial charge in [-0.15, -0.1) is 0 Å². The molecule has 3 amide bonds. The summed E-state index contributed by atoms with van der Waals surface area (Å²) >= 11 is 0. The number of hydrogen-bond donors (Lipinski definition) is 3. The third kappa shape index (κ3) is 5.28. The fourth-order valence-electron chi connectivity index (χ4n) is 2.14. The molecule has 1 heterocycles. The van der Waals surface area contributed by atoms with Crippen molar-refractivity contribution in [2.24, 2.45) is 5.73 Å². The topological polar surface area (TPSA) is 101 Å². The van der Waals surface area contributed by atoms with Gasteiger partial charge in [-0.25, -0.2) is 0 Å². The average molecular weight is 269 g/mol. The molecule has 1 aliphatic heterocycles. The molecule has 0 radical (unpaired) electrons. The van der Waals surface area contributed by atoms with E-state index in [0.717, 1.165) is 25.7 Å². The molecule has 0 saturated carbocycles. The first-order valence-corrected chi connectivity index (χ1v) is 6.93. The van der Waals surface area contributed by atoms with E-state index in [-0.39, 0.29) is 11.8 Å². The Morgan fingerprint density at radius 1 is 1.42 bits per heavy atom. The first kappa shape index (κ1) is 15.5. The van der Waals surface area contributed by atoms with Crippen LogP contribution in [0.5, 0.6) is 0 Å². The monoisotopic (exact) mass is 269 g/mol. The predicted molar refractivity (Wildman–Crippen MR) is 71.0 cm³/mol. The highest BCUT2D eigenvalue weighted by Gasteiger charge is 2.29. The normalized spacial score (nSPS) is 19.8. The standard InChI is InChI=1S/C13H23N3O3/c1-2-3-4-5-6-9(12(14)18)16-13(19)10-7-8-11(17)15-10/h9-10H,2-8H2,1H3,(H2,14,18)(H,15,17)(H,16,19)/t9-,10-/m1/s1. The van der Waals surface area contributed by atoms with Gasteiger partial charge in [-0.2, -0.15) is 0 Å². The summed E-state index contributed by atoms with van der Waals surface area (Å²) in [5.41, 5.74) is 5.28. The molecule has 108 valence electrons. The van der Waals surface area contributed by atoms with Crippen LogP contribution < -0.4 is 16.4 Å². The van der Waals surface area contributed by atoms with Crippen LogP contribution >= 0.6 is 0 Å². The van der Waals surface area contributed by atoms with Gasteiger partial charge in [-0.05, 0) is 12.8 Å². The lowest BCUT2D eigenvalue weighted by atomic mass is 10.1. The smallest absolute Gasteiger partial charge is 0.243 e. The summed E-state index contributed by atoms with van der Waals surface area (Å²) in [6, 6.07) is -1.16. The minimum atomic E-state index is -0.637. The van der Waals surface area contributed by atoms with Crippen molar-refractivity contribution >= 4 is 17.7 Å². The van der Waals surface area contributed by atoms with Gasteiger partial charge in [0.2, 0.25) is 17.7 Å². The number of unbranched alkanes of at least 4 members (excludes halogenated alkanes) is 3. The third-order valence-electron chi connectivity index (χ3n) is 3.32. The maximum Gasteiger partial charge on any atom is 0.243 e. The zero-order valence-electron chi connectivity index (χ0n) is 11.4. The molecular weight excluding hydrogens is 246 g/mol. The molecule has 0 aliphatic carbocycles. The van der Waals surface area contributed by atoms with Crippen LogP contribution in [-0.2, 0) is 14.4 Å². The first-order chi connectivity index (χ1) is 9.04. The number of carbonyl (C=O) groups is 3. The Bertz CT molecular complexity index is 344. The number of nitrogens with one attached hydrogen (secondary N) is 2. The minimum Gasteiger partial charge on any atom is -0.368 e. The molecule has 1 aliphatic rings. The molecule has 0 aromatic rings. The molecule has 0 aromatic heterocycles. The number of rotatable bonds is 8. The van der Waals surface area contributed by atoms with Gasteiger partial charge < -0.3 is 16.4 Å². The Kier molecular flexibility index (Phi) is 6.32. The van der Waals surface area contributed by atoms with E-state index in [1.807, 2.05) is 0 Å². The second-order valence-corrected chi connectivity index (χ2v) is 4.97. The Hall–Kier alpha value is -1.59. The zero-order valence-corrected chi connectivity index (χ0v) is 11.4. The second kappa shape index (κ2) is 7.76. The summed E-state index contributed by atoms with van der Waals surface area (Å²) in [6.45, 7) is 2.11. The number of primary amides is 1. The molecule has 4 N–H and O–H groups in total. The number of amides is 3. The van der Waals surface area contributed by atoms with E-state index in [1.165, 1.54) is 0 Å². The van der Waals surface area contributed by atoms with Crippen molar-refractivity contribution in [2.75, 3.05) is 0 Å². The van der Waals surface area contributed by atoms with Gasteiger partial charge in [0.15, 0.2) is 0 Å². The van der Waals surface area contributed by atoms with Gasteiger partial charge in [0.1, 0.15) is 12.1 Å². The Balaban J connectivity index is 2.37. The molecule has 1 fully saturated rings. The van der Waals surface area contributed by atoms with Gasteiger partial charge in [0.25, 0.3) is 0 Å². The van der Waals surface area contributed by atoms with Crippen LogP contribution in [0.4, 0.5) is 0 Å². The highest BCUT2D eigenvalue weighted by molar-refractivity contribution is 5.93. The van der Waals surface area contributed by atoms with E-state index >= 15 is 0 Å². The molecule has 6 nitrogen and oxygen atoms in total. The fourth-order valence-corrected chi connectivity index (χ4v) is 2.14. The van der Waals surface area contributed by atoms with E-state index in [0.29, 0.717) is 19.3 Å². The maximum atomic E-state index is 11.9. The van der Waals surface area contributed by atoms with Crippen molar-refractivity contribution in [1.29, 1.82) is 0 Å². The molecule has 6 heteroatoms. The summed E-state index contributed by atoms with van der Waals surface area (Å²) in [5, 5.41) is 5.20. The van der Waals surface area contributed by atoms with Crippen LogP contribution in [0.15, 0.2) is 0 Å². The Morgan fingerprint density at radius 2 is 2.16 bits per heavy atom. The highest BCUT2D eigenvalue weighted by Crippen LogP contribution is 2.09. The van der Waals surface area contributed by atoms with Crippen molar-refractivity contribution < 1.29 is 14.4 Å². The molecule has 1 rings (SSSR count). The lowest BCUT2D eigenvalue weighted by Crippen LogP contribution is -2.50. The average Bonchev–Trinajstić information content (AvgIpc) is 2.79. The van der Waals surface area contributed by atoms with Crippen LogP contribution in [-0.4, -0.2) is 29.8 Å². The van der Waals surface area contributed by atoms with Gasteiger partial charge in [-0.3, -0.25) is 14.4 Å². The van der Waals surface area contributed by atoms with Gasteiger partial charge in [-0.1, -0.05) is 32.6 Å². The summed E-state index contributed by atoms with van der Waals surface area (Å²) in [5.74, 6) is -0.960. The summed E-state index contributed by atoms with van der Waals surface area (Å²) in [4.78, 5) is 34.2. The summed E-state index contributed by atoms with van der Waals surface area (Å²) in [7, 11) is 0. The van der Waals surface area contributed by atoms with Crippen LogP contribution in [0.25, 0.3) is 0 Å². The van der Waals surface area contributed by atoms with Gasteiger partial charge in [0.05, 0.1) is 0 Å². The van der Waals surface area contributed by atoms with Crippen LogP contribution in [0.1, 0.15) is 51.9 Å².